The van der Waals surface area contributed by atoms with Gasteiger partial charge in [0.15, 0.2) is 0 Å². The maximum atomic E-state index is 12.5. The van der Waals surface area contributed by atoms with Gasteiger partial charge < -0.3 is 0 Å². The zero-order chi connectivity index (χ0) is 9.26. The molecular weight excluding hydrogens is 233 g/mol. The molecule has 1 nitrogen and oxygen atoms in total. The maximum Gasteiger partial charge on any atom is 0.125 e. The van der Waals surface area contributed by atoms with Gasteiger partial charge in [0.1, 0.15) is 6.17 Å². The number of halogens is 2. The van der Waals surface area contributed by atoms with Crippen LogP contribution in [-0.2, 0) is 6.54 Å². The van der Waals surface area contributed by atoms with E-state index in [0.717, 1.165) is 11.0 Å². The minimum Gasteiger partial charge on any atom is -0.293 e. The second-order valence-corrected chi connectivity index (χ2v) is 4.33. The van der Waals surface area contributed by atoms with E-state index < -0.39 is 6.17 Å². The Hall–Kier alpha value is -0.410. The SMILES string of the molecule is FC1CN(Cc2ccc(Br)cc2)C1. The number of alkyl halides is 1. The summed E-state index contributed by atoms with van der Waals surface area (Å²) in [5.41, 5.74) is 1.25. The lowest BCUT2D eigenvalue weighted by Gasteiger charge is -2.34. The van der Waals surface area contributed by atoms with E-state index in [2.05, 4.69) is 33.0 Å². The molecule has 0 aliphatic carbocycles. The lowest BCUT2D eigenvalue weighted by atomic mass is 10.1. The van der Waals surface area contributed by atoms with Crippen molar-refractivity contribution < 1.29 is 4.39 Å². The average Bonchev–Trinajstić information content (AvgIpc) is 2.06. The number of rotatable bonds is 2. The first kappa shape index (κ1) is 9.16. The van der Waals surface area contributed by atoms with Crippen LogP contribution in [0.15, 0.2) is 28.7 Å². The molecule has 0 saturated carbocycles. The van der Waals surface area contributed by atoms with E-state index in [1.807, 2.05) is 12.1 Å². The second-order valence-electron chi connectivity index (χ2n) is 3.42. The van der Waals surface area contributed by atoms with Crippen LogP contribution in [-0.4, -0.2) is 24.2 Å². The Kier molecular flexibility index (Phi) is 2.65. The molecule has 1 saturated heterocycles. The molecule has 0 N–H and O–H groups in total. The molecular formula is C10H11BrFN. The summed E-state index contributed by atoms with van der Waals surface area (Å²) >= 11 is 3.38. The number of likely N-dealkylation sites (tertiary alicyclic amines) is 1. The highest BCUT2D eigenvalue weighted by molar-refractivity contribution is 9.10. The van der Waals surface area contributed by atoms with Gasteiger partial charge in [-0.2, -0.15) is 0 Å². The summed E-state index contributed by atoms with van der Waals surface area (Å²) in [7, 11) is 0. The first-order chi connectivity index (χ1) is 6.24. The first-order valence-corrected chi connectivity index (χ1v) is 5.14. The van der Waals surface area contributed by atoms with Gasteiger partial charge in [0.2, 0.25) is 0 Å². The van der Waals surface area contributed by atoms with Crippen molar-refractivity contribution in [3.8, 4) is 0 Å². The lowest BCUT2D eigenvalue weighted by Crippen LogP contribution is -2.47. The van der Waals surface area contributed by atoms with Crippen LogP contribution in [0.5, 0.6) is 0 Å². The molecule has 1 fully saturated rings. The standard InChI is InChI=1S/C10H11BrFN/c11-9-3-1-8(2-4-9)5-13-6-10(12)7-13/h1-4,10H,5-7H2. The van der Waals surface area contributed by atoms with Gasteiger partial charge >= 0.3 is 0 Å². The molecule has 0 spiro atoms. The molecule has 0 bridgehead atoms. The van der Waals surface area contributed by atoms with Crippen molar-refractivity contribution in [1.82, 2.24) is 4.90 Å². The summed E-state index contributed by atoms with van der Waals surface area (Å²) in [5.74, 6) is 0. The highest BCUT2D eigenvalue weighted by Gasteiger charge is 2.25. The van der Waals surface area contributed by atoms with Crippen LogP contribution in [0.3, 0.4) is 0 Å². The van der Waals surface area contributed by atoms with Gasteiger partial charge in [-0.05, 0) is 17.7 Å². The topological polar surface area (TPSA) is 3.24 Å². The summed E-state index contributed by atoms with van der Waals surface area (Å²) in [6, 6.07) is 8.16. The van der Waals surface area contributed by atoms with E-state index in [-0.39, 0.29) is 0 Å². The van der Waals surface area contributed by atoms with Gasteiger partial charge in [-0.3, -0.25) is 4.90 Å². The molecule has 0 atom stereocenters. The van der Waals surface area contributed by atoms with Crippen molar-refractivity contribution in [2.75, 3.05) is 13.1 Å². The number of hydrogen-bond donors (Lipinski definition) is 0. The zero-order valence-corrected chi connectivity index (χ0v) is 8.80. The summed E-state index contributed by atoms with van der Waals surface area (Å²) in [5, 5.41) is 0. The van der Waals surface area contributed by atoms with E-state index in [9.17, 15) is 4.39 Å². The lowest BCUT2D eigenvalue weighted by molar-refractivity contribution is 0.0591. The van der Waals surface area contributed by atoms with E-state index in [0.29, 0.717) is 13.1 Å². The fraction of sp³-hybridized carbons (Fsp3) is 0.400. The summed E-state index contributed by atoms with van der Waals surface area (Å²) in [6.07, 6.45) is -0.601. The van der Waals surface area contributed by atoms with Crippen molar-refractivity contribution in [2.24, 2.45) is 0 Å². The van der Waals surface area contributed by atoms with Gasteiger partial charge in [-0.15, -0.1) is 0 Å². The number of nitrogens with zero attached hydrogens (tertiary/aromatic N) is 1. The number of hydrogen-bond acceptors (Lipinski definition) is 1. The largest absolute Gasteiger partial charge is 0.293 e. The Labute approximate surface area is 85.7 Å². The third-order valence-electron chi connectivity index (χ3n) is 2.23. The smallest absolute Gasteiger partial charge is 0.125 e. The van der Waals surface area contributed by atoms with Crippen LogP contribution in [0.2, 0.25) is 0 Å². The van der Waals surface area contributed by atoms with Gasteiger partial charge in [-0.1, -0.05) is 28.1 Å². The van der Waals surface area contributed by atoms with Gasteiger partial charge in [-0.25, -0.2) is 4.39 Å². The van der Waals surface area contributed by atoms with E-state index in [4.69, 9.17) is 0 Å². The van der Waals surface area contributed by atoms with E-state index >= 15 is 0 Å². The van der Waals surface area contributed by atoms with Crippen LogP contribution in [0, 0.1) is 0 Å². The minimum absolute atomic E-state index is 0.593. The van der Waals surface area contributed by atoms with E-state index in [1.165, 1.54) is 5.56 Å². The van der Waals surface area contributed by atoms with Crippen LogP contribution >= 0.6 is 15.9 Å². The molecule has 1 aromatic carbocycles. The highest BCUT2D eigenvalue weighted by atomic mass is 79.9. The molecule has 70 valence electrons. The Morgan fingerprint density at radius 3 is 2.46 bits per heavy atom. The van der Waals surface area contributed by atoms with Crippen LogP contribution in [0.25, 0.3) is 0 Å². The van der Waals surface area contributed by atoms with Crippen molar-refractivity contribution in [1.29, 1.82) is 0 Å². The molecule has 2 rings (SSSR count). The molecule has 0 amide bonds. The summed E-state index contributed by atoms with van der Waals surface area (Å²) in [4.78, 5) is 2.11. The summed E-state index contributed by atoms with van der Waals surface area (Å²) < 4.78 is 13.6. The van der Waals surface area contributed by atoms with Crippen molar-refractivity contribution in [3.63, 3.8) is 0 Å². The van der Waals surface area contributed by atoms with Crippen LogP contribution < -0.4 is 0 Å². The molecule has 0 aromatic heterocycles. The third-order valence-corrected chi connectivity index (χ3v) is 2.76. The highest BCUT2D eigenvalue weighted by Crippen LogP contribution is 2.17. The number of benzene rings is 1. The van der Waals surface area contributed by atoms with Gasteiger partial charge in [0.05, 0.1) is 0 Å². The van der Waals surface area contributed by atoms with Crippen LogP contribution in [0.4, 0.5) is 4.39 Å². The molecule has 1 aliphatic heterocycles. The normalized spacial score (nSPS) is 18.6. The van der Waals surface area contributed by atoms with Gasteiger partial charge in [0, 0.05) is 24.1 Å². The fourth-order valence-corrected chi connectivity index (χ4v) is 1.75. The zero-order valence-electron chi connectivity index (χ0n) is 7.21. The minimum atomic E-state index is -0.601. The Bertz CT molecular complexity index is 279. The predicted octanol–water partition coefficient (Wildman–Crippen LogP) is 2.60. The van der Waals surface area contributed by atoms with E-state index in [1.54, 1.807) is 0 Å². The van der Waals surface area contributed by atoms with Gasteiger partial charge in [0.25, 0.3) is 0 Å². The molecule has 3 heteroatoms. The molecule has 0 unspecified atom stereocenters. The van der Waals surface area contributed by atoms with Crippen LogP contribution in [0.1, 0.15) is 5.56 Å². The molecule has 1 aliphatic rings. The Balaban J connectivity index is 1.91. The Morgan fingerprint density at radius 1 is 1.31 bits per heavy atom. The molecule has 13 heavy (non-hydrogen) atoms. The van der Waals surface area contributed by atoms with Crippen molar-refractivity contribution in [3.05, 3.63) is 34.3 Å². The Morgan fingerprint density at radius 2 is 1.92 bits per heavy atom. The van der Waals surface area contributed by atoms with Crippen molar-refractivity contribution >= 4 is 15.9 Å². The van der Waals surface area contributed by atoms with Crippen molar-refractivity contribution in [2.45, 2.75) is 12.7 Å². The average molecular weight is 244 g/mol. The second kappa shape index (κ2) is 3.76. The molecule has 1 heterocycles. The first-order valence-electron chi connectivity index (χ1n) is 4.35. The monoisotopic (exact) mass is 243 g/mol. The molecule has 0 radical (unpaired) electrons. The summed E-state index contributed by atoms with van der Waals surface area (Å²) in [6.45, 7) is 2.06. The quantitative estimate of drug-likeness (QED) is 0.772. The fourth-order valence-electron chi connectivity index (χ4n) is 1.48. The predicted molar refractivity (Wildman–Crippen MR) is 54.3 cm³/mol. The maximum absolute atomic E-state index is 12.5. The third kappa shape index (κ3) is 2.29. The molecule has 1 aromatic rings.